The van der Waals surface area contributed by atoms with Gasteiger partial charge in [-0.2, -0.15) is 0 Å². The molecule has 0 fully saturated rings. The summed E-state index contributed by atoms with van der Waals surface area (Å²) in [6.07, 6.45) is 2.35. The Morgan fingerprint density at radius 2 is 1.14 bits per heavy atom. The van der Waals surface area contributed by atoms with Crippen molar-refractivity contribution in [3.63, 3.8) is 0 Å². The van der Waals surface area contributed by atoms with E-state index in [4.69, 9.17) is 19.7 Å². The number of aliphatic hydroxyl groups is 1. The lowest BCUT2D eigenvalue weighted by atomic mass is 10.0. The molecule has 37 heavy (non-hydrogen) atoms. The van der Waals surface area contributed by atoms with Crippen LogP contribution < -0.4 is 4.74 Å². The molecule has 1 aromatic heterocycles. The second-order valence-corrected chi connectivity index (χ2v) is 10.0. The van der Waals surface area contributed by atoms with Gasteiger partial charge in [0, 0.05) is 16.7 Å². The molecule has 0 saturated carbocycles. The Morgan fingerprint density at radius 3 is 1.57 bits per heavy atom. The van der Waals surface area contributed by atoms with Gasteiger partial charge >= 0.3 is 0 Å². The van der Waals surface area contributed by atoms with Crippen LogP contribution in [0.2, 0.25) is 0 Å². The van der Waals surface area contributed by atoms with Crippen molar-refractivity contribution >= 4 is 0 Å². The molecule has 4 rings (SSSR count). The molecule has 1 N–H and O–H groups in total. The number of hydrogen-bond acceptors (Lipinski definition) is 5. The van der Waals surface area contributed by atoms with Crippen molar-refractivity contribution in [2.75, 3.05) is 6.61 Å². The Bertz CT molecular complexity index is 1330. The zero-order valence-electron chi connectivity index (χ0n) is 22.8. The first-order valence-corrected chi connectivity index (χ1v) is 13.1. The smallest absolute Gasteiger partial charge is 0.164 e. The van der Waals surface area contributed by atoms with Crippen LogP contribution in [0.1, 0.15) is 54.0 Å². The van der Waals surface area contributed by atoms with Crippen LogP contribution in [-0.2, 0) is 0 Å². The Labute approximate surface area is 220 Å². The minimum absolute atomic E-state index is 0.290. The highest BCUT2D eigenvalue weighted by Gasteiger charge is 2.16. The van der Waals surface area contributed by atoms with E-state index in [1.54, 1.807) is 0 Å². The number of nitrogens with zero attached hydrogens (tertiary/aromatic N) is 3. The Balaban J connectivity index is 1.75. The van der Waals surface area contributed by atoms with Crippen LogP contribution in [0, 0.1) is 34.6 Å². The summed E-state index contributed by atoms with van der Waals surface area (Å²) < 4.78 is 5.87. The van der Waals surface area contributed by atoms with Gasteiger partial charge in [-0.1, -0.05) is 67.3 Å². The maximum atomic E-state index is 10.1. The third kappa shape index (κ3) is 6.41. The van der Waals surface area contributed by atoms with Crippen molar-refractivity contribution in [2.24, 2.45) is 0 Å². The summed E-state index contributed by atoms with van der Waals surface area (Å²) in [5, 5.41) is 10.1. The maximum Gasteiger partial charge on any atom is 0.164 e. The second kappa shape index (κ2) is 11.7. The molecule has 1 heterocycles. The van der Waals surface area contributed by atoms with Gasteiger partial charge in [-0.15, -0.1) is 0 Å². The fourth-order valence-electron chi connectivity index (χ4n) is 4.56. The van der Waals surface area contributed by atoms with Crippen LogP contribution >= 0.6 is 0 Å². The molecule has 0 aliphatic carbocycles. The van der Waals surface area contributed by atoms with Gasteiger partial charge in [0.1, 0.15) is 12.4 Å². The van der Waals surface area contributed by atoms with E-state index < -0.39 is 6.10 Å². The van der Waals surface area contributed by atoms with Crippen molar-refractivity contribution in [3.8, 4) is 39.9 Å². The fourth-order valence-corrected chi connectivity index (χ4v) is 4.56. The van der Waals surface area contributed by atoms with Crippen molar-refractivity contribution < 1.29 is 9.84 Å². The molecule has 0 spiro atoms. The zero-order valence-corrected chi connectivity index (χ0v) is 22.8. The van der Waals surface area contributed by atoms with E-state index in [-0.39, 0.29) is 6.61 Å². The van der Waals surface area contributed by atoms with Gasteiger partial charge in [-0.05, 0) is 75.9 Å². The standard InChI is InChI=1S/C32H37N3O2/c1-7-8-9-25(36)19-37-26-12-15-29(24(6)18-26)32-34-30(27-13-10-20(2)16-22(27)4)33-31(35-32)28-14-11-21(3)17-23(28)5/h10-18,25,36H,7-9,19H2,1-6H3. The normalized spacial score (nSPS) is 12.0. The van der Waals surface area contributed by atoms with Crippen molar-refractivity contribution in [3.05, 3.63) is 82.4 Å². The number of unbranched alkanes of at least 4 members (excludes halogenated alkanes) is 1. The molecule has 1 atom stereocenters. The monoisotopic (exact) mass is 495 g/mol. The molecule has 0 saturated heterocycles. The first-order valence-electron chi connectivity index (χ1n) is 13.1. The van der Waals surface area contributed by atoms with Gasteiger partial charge in [0.05, 0.1) is 6.10 Å². The Hall–Kier alpha value is -3.57. The lowest BCUT2D eigenvalue weighted by Gasteiger charge is -2.15. The summed E-state index contributed by atoms with van der Waals surface area (Å²) in [5.41, 5.74) is 8.60. The molecule has 0 bridgehead atoms. The van der Waals surface area contributed by atoms with Gasteiger partial charge < -0.3 is 9.84 Å². The molecule has 192 valence electrons. The number of aliphatic hydroxyl groups excluding tert-OH is 1. The number of aryl methyl sites for hydroxylation is 5. The van der Waals surface area contributed by atoms with E-state index in [0.29, 0.717) is 17.5 Å². The van der Waals surface area contributed by atoms with Crippen LogP contribution in [0.5, 0.6) is 5.75 Å². The summed E-state index contributed by atoms with van der Waals surface area (Å²) in [6, 6.07) is 18.6. The molecule has 1 unspecified atom stereocenters. The predicted molar refractivity (Wildman–Crippen MR) is 151 cm³/mol. The summed E-state index contributed by atoms with van der Waals surface area (Å²) in [4.78, 5) is 14.8. The highest BCUT2D eigenvalue weighted by Crippen LogP contribution is 2.31. The molecule has 0 aliphatic rings. The van der Waals surface area contributed by atoms with E-state index in [0.717, 1.165) is 58.4 Å². The number of ether oxygens (including phenoxy) is 1. The molecule has 5 heteroatoms. The SMILES string of the molecule is CCCCC(O)COc1ccc(-c2nc(-c3ccc(C)cc3C)nc(-c3ccc(C)cc3C)n2)c(C)c1. The zero-order chi connectivity index (χ0) is 26.5. The van der Waals surface area contributed by atoms with E-state index in [1.165, 1.54) is 11.1 Å². The lowest BCUT2D eigenvalue weighted by Crippen LogP contribution is -2.17. The van der Waals surface area contributed by atoms with E-state index >= 15 is 0 Å². The van der Waals surface area contributed by atoms with Crippen LogP contribution in [-0.4, -0.2) is 32.8 Å². The third-order valence-electron chi connectivity index (χ3n) is 6.65. The van der Waals surface area contributed by atoms with Gasteiger partial charge in [-0.3, -0.25) is 0 Å². The largest absolute Gasteiger partial charge is 0.491 e. The topological polar surface area (TPSA) is 68.1 Å². The van der Waals surface area contributed by atoms with E-state index in [2.05, 4.69) is 71.0 Å². The van der Waals surface area contributed by atoms with E-state index in [9.17, 15) is 5.11 Å². The minimum atomic E-state index is -0.455. The minimum Gasteiger partial charge on any atom is -0.491 e. The number of benzene rings is 3. The van der Waals surface area contributed by atoms with E-state index in [1.807, 2.05) is 25.1 Å². The fraction of sp³-hybridized carbons (Fsp3) is 0.344. The molecular formula is C32H37N3O2. The van der Waals surface area contributed by atoms with Crippen molar-refractivity contribution in [1.82, 2.24) is 15.0 Å². The van der Waals surface area contributed by atoms with Crippen molar-refractivity contribution in [1.29, 1.82) is 0 Å². The maximum absolute atomic E-state index is 10.1. The summed E-state index contributed by atoms with van der Waals surface area (Å²) >= 11 is 0. The van der Waals surface area contributed by atoms with Crippen LogP contribution in [0.15, 0.2) is 54.6 Å². The second-order valence-electron chi connectivity index (χ2n) is 10.0. The van der Waals surface area contributed by atoms with Gasteiger partial charge in [0.25, 0.3) is 0 Å². The van der Waals surface area contributed by atoms with Crippen LogP contribution in [0.3, 0.4) is 0 Å². The average molecular weight is 496 g/mol. The molecule has 0 amide bonds. The highest BCUT2D eigenvalue weighted by molar-refractivity contribution is 5.71. The quantitative estimate of drug-likeness (QED) is 0.263. The van der Waals surface area contributed by atoms with Crippen molar-refractivity contribution in [2.45, 2.75) is 66.9 Å². The molecule has 4 aromatic rings. The Morgan fingerprint density at radius 1 is 0.676 bits per heavy atom. The molecule has 5 nitrogen and oxygen atoms in total. The number of rotatable bonds is 9. The van der Waals surface area contributed by atoms with Gasteiger partial charge in [0.2, 0.25) is 0 Å². The first kappa shape index (κ1) is 26.5. The summed E-state index contributed by atoms with van der Waals surface area (Å²) in [5.74, 6) is 2.69. The predicted octanol–water partition coefficient (Wildman–Crippen LogP) is 7.34. The molecule has 3 aromatic carbocycles. The highest BCUT2D eigenvalue weighted by atomic mass is 16.5. The summed E-state index contributed by atoms with van der Waals surface area (Å²) in [7, 11) is 0. The van der Waals surface area contributed by atoms with Gasteiger partial charge in [-0.25, -0.2) is 15.0 Å². The summed E-state index contributed by atoms with van der Waals surface area (Å²) in [6.45, 7) is 12.8. The Kier molecular flexibility index (Phi) is 8.34. The van der Waals surface area contributed by atoms with Crippen LogP contribution in [0.25, 0.3) is 34.2 Å². The molecule has 0 radical (unpaired) electrons. The molecule has 0 aliphatic heterocycles. The molecular weight excluding hydrogens is 458 g/mol. The average Bonchev–Trinajstić information content (AvgIpc) is 2.86. The first-order chi connectivity index (χ1) is 17.7. The lowest BCUT2D eigenvalue weighted by molar-refractivity contribution is 0.0980. The number of aromatic nitrogens is 3. The van der Waals surface area contributed by atoms with Gasteiger partial charge in [0.15, 0.2) is 17.5 Å². The number of hydrogen-bond donors (Lipinski definition) is 1. The van der Waals surface area contributed by atoms with Crippen LogP contribution in [0.4, 0.5) is 0 Å². The third-order valence-corrected chi connectivity index (χ3v) is 6.65.